The van der Waals surface area contributed by atoms with Crippen LogP contribution in [0.15, 0.2) is 28.8 Å². The second-order valence-corrected chi connectivity index (χ2v) is 4.11. The zero-order valence-electron chi connectivity index (χ0n) is 9.97. The van der Waals surface area contributed by atoms with Crippen molar-refractivity contribution in [3.05, 3.63) is 35.1 Å². The van der Waals surface area contributed by atoms with Gasteiger partial charge in [-0.25, -0.2) is 0 Å². The van der Waals surface area contributed by atoms with Crippen LogP contribution in [-0.2, 0) is 4.74 Å². The minimum atomic E-state index is -0.398. The molecule has 0 bridgehead atoms. The van der Waals surface area contributed by atoms with Crippen molar-refractivity contribution in [2.75, 3.05) is 13.2 Å². The summed E-state index contributed by atoms with van der Waals surface area (Å²) in [6.45, 7) is 2.86. The van der Waals surface area contributed by atoms with Crippen molar-refractivity contribution in [3.63, 3.8) is 0 Å². The molecule has 0 fully saturated rings. The molecule has 1 aromatic heterocycles. The first-order valence-corrected chi connectivity index (χ1v) is 6.02. The third-order valence-electron chi connectivity index (χ3n) is 2.38. The molecule has 2 N–H and O–H groups in total. The SMILES string of the molecule is CCOCC(N)c1noc(-c2ccccc2Cl)n1. The molecular weight excluding hydrogens is 254 g/mol. The first-order valence-electron chi connectivity index (χ1n) is 5.64. The molecule has 1 atom stereocenters. The van der Waals surface area contributed by atoms with Gasteiger partial charge in [0.1, 0.15) is 0 Å². The maximum atomic E-state index is 6.05. The Hall–Kier alpha value is -1.43. The van der Waals surface area contributed by atoms with Crippen LogP contribution in [0.4, 0.5) is 0 Å². The quantitative estimate of drug-likeness (QED) is 0.900. The van der Waals surface area contributed by atoms with Crippen LogP contribution in [0.1, 0.15) is 18.8 Å². The normalized spacial score (nSPS) is 12.6. The van der Waals surface area contributed by atoms with E-state index >= 15 is 0 Å². The zero-order valence-corrected chi connectivity index (χ0v) is 10.7. The van der Waals surface area contributed by atoms with E-state index in [0.29, 0.717) is 35.5 Å². The number of nitrogens with two attached hydrogens (primary N) is 1. The molecule has 0 saturated carbocycles. The average Bonchev–Trinajstić information content (AvgIpc) is 2.86. The van der Waals surface area contributed by atoms with Gasteiger partial charge in [-0.05, 0) is 19.1 Å². The van der Waals surface area contributed by atoms with E-state index in [-0.39, 0.29) is 0 Å². The molecule has 0 radical (unpaired) electrons. The summed E-state index contributed by atoms with van der Waals surface area (Å²) in [5.41, 5.74) is 6.56. The van der Waals surface area contributed by atoms with E-state index in [1.165, 1.54) is 0 Å². The molecule has 96 valence electrons. The molecule has 0 spiro atoms. The van der Waals surface area contributed by atoms with Gasteiger partial charge >= 0.3 is 0 Å². The zero-order chi connectivity index (χ0) is 13.0. The van der Waals surface area contributed by atoms with Crippen LogP contribution < -0.4 is 5.73 Å². The molecule has 1 unspecified atom stereocenters. The second-order valence-electron chi connectivity index (χ2n) is 3.70. The van der Waals surface area contributed by atoms with Gasteiger partial charge in [-0.3, -0.25) is 0 Å². The van der Waals surface area contributed by atoms with Gasteiger partial charge in [0.25, 0.3) is 5.89 Å². The summed E-state index contributed by atoms with van der Waals surface area (Å²) in [5, 5.41) is 4.40. The van der Waals surface area contributed by atoms with E-state index < -0.39 is 6.04 Å². The van der Waals surface area contributed by atoms with E-state index in [4.69, 9.17) is 26.6 Å². The number of rotatable bonds is 5. The van der Waals surface area contributed by atoms with Crippen LogP contribution in [0.5, 0.6) is 0 Å². The van der Waals surface area contributed by atoms with Crippen LogP contribution in [0, 0.1) is 0 Å². The highest BCUT2D eigenvalue weighted by molar-refractivity contribution is 6.33. The fourth-order valence-corrected chi connectivity index (χ4v) is 1.67. The standard InChI is InChI=1S/C12H14ClN3O2/c1-2-17-7-10(14)11-15-12(18-16-11)8-5-3-4-6-9(8)13/h3-6,10H,2,7,14H2,1H3. The summed E-state index contributed by atoms with van der Waals surface area (Å²) >= 11 is 6.05. The summed E-state index contributed by atoms with van der Waals surface area (Å²) in [6, 6.07) is 6.87. The Balaban J connectivity index is 2.18. The van der Waals surface area contributed by atoms with Crippen LogP contribution in [0.25, 0.3) is 11.5 Å². The molecule has 0 saturated heterocycles. The van der Waals surface area contributed by atoms with Crippen molar-refractivity contribution < 1.29 is 9.26 Å². The second kappa shape index (κ2) is 5.95. The van der Waals surface area contributed by atoms with Crippen molar-refractivity contribution in [2.24, 2.45) is 5.73 Å². The number of nitrogens with zero attached hydrogens (tertiary/aromatic N) is 2. The van der Waals surface area contributed by atoms with Gasteiger partial charge in [0, 0.05) is 6.61 Å². The molecule has 0 aliphatic rings. The number of halogens is 1. The number of hydrogen-bond donors (Lipinski definition) is 1. The van der Waals surface area contributed by atoms with Crippen molar-refractivity contribution in [3.8, 4) is 11.5 Å². The summed E-state index contributed by atoms with van der Waals surface area (Å²) in [7, 11) is 0. The van der Waals surface area contributed by atoms with Gasteiger partial charge in [0.2, 0.25) is 0 Å². The highest BCUT2D eigenvalue weighted by Crippen LogP contribution is 2.26. The van der Waals surface area contributed by atoms with Crippen LogP contribution >= 0.6 is 11.6 Å². The lowest BCUT2D eigenvalue weighted by Crippen LogP contribution is -2.18. The van der Waals surface area contributed by atoms with Crippen molar-refractivity contribution in [2.45, 2.75) is 13.0 Å². The summed E-state index contributed by atoms with van der Waals surface area (Å²) in [6.07, 6.45) is 0. The maximum Gasteiger partial charge on any atom is 0.259 e. The van der Waals surface area contributed by atoms with Crippen LogP contribution in [-0.4, -0.2) is 23.4 Å². The van der Waals surface area contributed by atoms with Gasteiger partial charge in [-0.1, -0.05) is 28.9 Å². The molecule has 1 aromatic carbocycles. The summed E-state index contributed by atoms with van der Waals surface area (Å²) in [4.78, 5) is 4.23. The molecule has 5 nitrogen and oxygen atoms in total. The van der Waals surface area contributed by atoms with E-state index in [9.17, 15) is 0 Å². The summed E-state index contributed by atoms with van der Waals surface area (Å²) in [5.74, 6) is 0.779. The van der Waals surface area contributed by atoms with Crippen molar-refractivity contribution >= 4 is 11.6 Å². The van der Waals surface area contributed by atoms with E-state index in [0.717, 1.165) is 0 Å². The van der Waals surface area contributed by atoms with Crippen molar-refractivity contribution in [1.82, 2.24) is 10.1 Å². The molecule has 0 amide bonds. The molecule has 2 aromatic rings. The number of benzene rings is 1. The first-order chi connectivity index (χ1) is 8.72. The fourth-order valence-electron chi connectivity index (χ4n) is 1.45. The topological polar surface area (TPSA) is 74.2 Å². The third kappa shape index (κ3) is 2.87. The molecule has 0 aliphatic heterocycles. The highest BCUT2D eigenvalue weighted by atomic mass is 35.5. The first kappa shape index (κ1) is 13.0. The monoisotopic (exact) mass is 267 g/mol. The van der Waals surface area contributed by atoms with Gasteiger partial charge in [-0.2, -0.15) is 4.98 Å². The summed E-state index contributed by atoms with van der Waals surface area (Å²) < 4.78 is 10.4. The predicted octanol–water partition coefficient (Wildman–Crippen LogP) is 2.43. The molecule has 2 rings (SSSR count). The Bertz CT molecular complexity index is 516. The van der Waals surface area contributed by atoms with Crippen LogP contribution in [0.2, 0.25) is 5.02 Å². The highest BCUT2D eigenvalue weighted by Gasteiger charge is 2.16. The Morgan fingerprint density at radius 1 is 1.44 bits per heavy atom. The Morgan fingerprint density at radius 2 is 2.22 bits per heavy atom. The lowest BCUT2D eigenvalue weighted by molar-refractivity contribution is 0.130. The van der Waals surface area contributed by atoms with Gasteiger partial charge < -0.3 is 15.0 Å². The lowest BCUT2D eigenvalue weighted by atomic mass is 10.2. The van der Waals surface area contributed by atoms with Gasteiger partial charge in [0.05, 0.1) is 23.2 Å². The largest absolute Gasteiger partial charge is 0.380 e. The Labute approximate surface area is 110 Å². The van der Waals surface area contributed by atoms with Gasteiger partial charge in [0.15, 0.2) is 5.82 Å². The molecule has 0 aliphatic carbocycles. The van der Waals surface area contributed by atoms with Gasteiger partial charge in [-0.15, -0.1) is 0 Å². The Kier molecular flexibility index (Phi) is 4.30. The average molecular weight is 268 g/mol. The Morgan fingerprint density at radius 3 is 2.94 bits per heavy atom. The minimum Gasteiger partial charge on any atom is -0.380 e. The van der Waals surface area contributed by atoms with Crippen LogP contribution in [0.3, 0.4) is 0 Å². The molecular formula is C12H14ClN3O2. The molecule has 1 heterocycles. The number of hydrogen-bond acceptors (Lipinski definition) is 5. The van der Waals surface area contributed by atoms with E-state index in [1.807, 2.05) is 25.1 Å². The minimum absolute atomic E-state index is 0.359. The predicted molar refractivity (Wildman–Crippen MR) is 68.2 cm³/mol. The number of ether oxygens (including phenoxy) is 1. The third-order valence-corrected chi connectivity index (χ3v) is 2.71. The molecule has 18 heavy (non-hydrogen) atoms. The smallest absolute Gasteiger partial charge is 0.259 e. The fraction of sp³-hybridized carbons (Fsp3) is 0.333. The maximum absolute atomic E-state index is 6.05. The number of aromatic nitrogens is 2. The van der Waals surface area contributed by atoms with E-state index in [2.05, 4.69) is 10.1 Å². The van der Waals surface area contributed by atoms with Crippen molar-refractivity contribution in [1.29, 1.82) is 0 Å². The molecule has 6 heteroatoms. The van der Waals surface area contributed by atoms with E-state index in [1.54, 1.807) is 6.07 Å². The lowest BCUT2D eigenvalue weighted by Gasteiger charge is -2.05.